The van der Waals surface area contributed by atoms with Gasteiger partial charge in [0.15, 0.2) is 0 Å². The van der Waals surface area contributed by atoms with Gasteiger partial charge in [0, 0.05) is 13.0 Å². The lowest BCUT2D eigenvalue weighted by Gasteiger charge is -2.35. The molecule has 1 unspecified atom stereocenters. The molecule has 5 nitrogen and oxygen atoms in total. The minimum Gasteiger partial charge on any atom is -0.497 e. The van der Waals surface area contributed by atoms with E-state index < -0.39 is 0 Å². The van der Waals surface area contributed by atoms with Crippen molar-refractivity contribution in [3.05, 3.63) is 29.8 Å². The summed E-state index contributed by atoms with van der Waals surface area (Å²) in [6.07, 6.45) is 7.89. The van der Waals surface area contributed by atoms with Crippen LogP contribution in [0.2, 0.25) is 0 Å². The van der Waals surface area contributed by atoms with Gasteiger partial charge in [0.25, 0.3) is 0 Å². The number of carbonyl (C=O) groups is 1. The largest absolute Gasteiger partial charge is 0.497 e. The van der Waals surface area contributed by atoms with Gasteiger partial charge in [-0.1, -0.05) is 18.6 Å². The van der Waals surface area contributed by atoms with Crippen molar-refractivity contribution in [1.82, 2.24) is 15.5 Å². The third-order valence-electron chi connectivity index (χ3n) is 6.06. The van der Waals surface area contributed by atoms with Crippen molar-refractivity contribution in [2.24, 2.45) is 5.92 Å². The third-order valence-corrected chi connectivity index (χ3v) is 6.06. The normalized spacial score (nSPS) is 18.8. The molecule has 3 rings (SSSR count). The second kappa shape index (κ2) is 14.1. The van der Waals surface area contributed by atoms with E-state index in [2.05, 4.69) is 27.7 Å². The molecule has 2 fully saturated rings. The van der Waals surface area contributed by atoms with Gasteiger partial charge in [0.2, 0.25) is 5.91 Å². The second-order valence-electron chi connectivity index (χ2n) is 7.92. The fraction of sp³-hybridized carbons (Fsp3) is 0.682. The number of methoxy groups -OCH3 is 1. The molecule has 0 saturated carbocycles. The fourth-order valence-electron chi connectivity index (χ4n) is 4.32. The van der Waals surface area contributed by atoms with Crippen molar-refractivity contribution >= 4 is 30.7 Å². The van der Waals surface area contributed by atoms with Gasteiger partial charge >= 0.3 is 0 Å². The molecule has 1 aromatic rings. The lowest BCUT2D eigenvalue weighted by atomic mass is 9.93. The molecule has 7 heteroatoms. The van der Waals surface area contributed by atoms with Gasteiger partial charge in [-0.05, 0) is 81.9 Å². The zero-order chi connectivity index (χ0) is 18.9. The first-order valence-corrected chi connectivity index (χ1v) is 10.6. The maximum Gasteiger partial charge on any atom is 0.220 e. The van der Waals surface area contributed by atoms with Crippen molar-refractivity contribution in [2.75, 3.05) is 39.8 Å². The van der Waals surface area contributed by atoms with E-state index >= 15 is 0 Å². The van der Waals surface area contributed by atoms with Crippen molar-refractivity contribution in [3.63, 3.8) is 0 Å². The number of ether oxygens (including phenoxy) is 1. The molecular formula is C22H37Cl2N3O2. The van der Waals surface area contributed by atoms with Crippen molar-refractivity contribution in [3.8, 4) is 5.75 Å². The highest BCUT2D eigenvalue weighted by molar-refractivity contribution is 5.85. The number of likely N-dealkylation sites (tertiary alicyclic amines) is 1. The van der Waals surface area contributed by atoms with Gasteiger partial charge in [0.05, 0.1) is 13.2 Å². The van der Waals surface area contributed by atoms with Gasteiger partial charge in [-0.2, -0.15) is 0 Å². The number of halogens is 2. The topological polar surface area (TPSA) is 53.6 Å². The Morgan fingerprint density at radius 3 is 2.41 bits per heavy atom. The molecule has 0 bridgehead atoms. The van der Waals surface area contributed by atoms with Crippen LogP contribution < -0.4 is 15.4 Å². The summed E-state index contributed by atoms with van der Waals surface area (Å²) in [5.41, 5.74) is 1.26. The molecule has 0 spiro atoms. The molecule has 166 valence electrons. The molecule has 1 atom stereocenters. The standard InChI is InChI=1S/C22H35N3O2.2ClH/c1-27-20-8-6-19(7-9-20)21(25-15-3-2-4-16-25)17-24-22(26)10-5-18-11-13-23-14-12-18;;/h6-9,18,21,23H,2-5,10-17H2,1H3,(H,24,26);2*1H. The summed E-state index contributed by atoms with van der Waals surface area (Å²) in [5, 5.41) is 6.61. The summed E-state index contributed by atoms with van der Waals surface area (Å²) in [6.45, 7) is 5.11. The van der Waals surface area contributed by atoms with Gasteiger partial charge < -0.3 is 15.4 Å². The zero-order valence-electron chi connectivity index (χ0n) is 17.5. The maximum atomic E-state index is 12.4. The minimum absolute atomic E-state index is 0. The number of piperidine rings is 2. The molecule has 1 amide bonds. The van der Waals surface area contributed by atoms with Crippen LogP contribution in [0.1, 0.15) is 56.6 Å². The van der Waals surface area contributed by atoms with Crippen LogP contribution in [0.15, 0.2) is 24.3 Å². The predicted molar refractivity (Wildman–Crippen MR) is 123 cm³/mol. The number of carbonyl (C=O) groups excluding carboxylic acids is 1. The fourth-order valence-corrected chi connectivity index (χ4v) is 4.32. The van der Waals surface area contributed by atoms with Crippen LogP contribution in [0, 0.1) is 5.92 Å². The van der Waals surface area contributed by atoms with Crippen molar-refractivity contribution in [1.29, 1.82) is 0 Å². The highest BCUT2D eigenvalue weighted by atomic mass is 35.5. The number of nitrogens with zero attached hydrogens (tertiary/aromatic N) is 1. The monoisotopic (exact) mass is 445 g/mol. The zero-order valence-corrected chi connectivity index (χ0v) is 19.2. The number of hydrogen-bond donors (Lipinski definition) is 2. The summed E-state index contributed by atoms with van der Waals surface area (Å²) < 4.78 is 5.29. The Balaban J connectivity index is 0.00000210. The van der Waals surface area contributed by atoms with E-state index in [9.17, 15) is 4.79 Å². The molecule has 0 radical (unpaired) electrons. The quantitative estimate of drug-likeness (QED) is 0.635. The number of benzene rings is 1. The first-order chi connectivity index (χ1) is 13.3. The van der Waals surface area contributed by atoms with Crippen LogP contribution in [0.25, 0.3) is 0 Å². The predicted octanol–water partition coefficient (Wildman–Crippen LogP) is 3.96. The molecule has 0 aliphatic carbocycles. The highest BCUT2D eigenvalue weighted by Crippen LogP contribution is 2.26. The molecule has 1 aromatic carbocycles. The lowest BCUT2D eigenvalue weighted by molar-refractivity contribution is -0.121. The Kier molecular flexibility index (Phi) is 12.6. The maximum absolute atomic E-state index is 12.4. The summed E-state index contributed by atoms with van der Waals surface area (Å²) >= 11 is 0. The molecule has 2 heterocycles. The van der Waals surface area contributed by atoms with E-state index in [4.69, 9.17) is 4.74 Å². The minimum atomic E-state index is 0. The second-order valence-corrected chi connectivity index (χ2v) is 7.92. The van der Waals surface area contributed by atoms with Crippen LogP contribution in [-0.2, 0) is 4.79 Å². The Morgan fingerprint density at radius 1 is 1.14 bits per heavy atom. The van der Waals surface area contributed by atoms with Crippen LogP contribution in [-0.4, -0.2) is 50.6 Å². The molecule has 29 heavy (non-hydrogen) atoms. The molecule has 0 aromatic heterocycles. The number of amides is 1. The molecular weight excluding hydrogens is 409 g/mol. The first-order valence-electron chi connectivity index (χ1n) is 10.6. The van der Waals surface area contributed by atoms with Gasteiger partial charge in [0.1, 0.15) is 5.75 Å². The number of nitrogens with one attached hydrogen (secondary N) is 2. The summed E-state index contributed by atoms with van der Waals surface area (Å²) in [5.74, 6) is 1.78. The van der Waals surface area contributed by atoms with E-state index in [-0.39, 0.29) is 36.8 Å². The Labute approximate surface area is 188 Å². The van der Waals surface area contributed by atoms with Crippen LogP contribution in [0.3, 0.4) is 0 Å². The summed E-state index contributed by atoms with van der Waals surface area (Å²) in [6, 6.07) is 8.56. The van der Waals surface area contributed by atoms with Crippen LogP contribution >= 0.6 is 24.8 Å². The molecule has 2 saturated heterocycles. The van der Waals surface area contributed by atoms with Gasteiger partial charge in [-0.25, -0.2) is 0 Å². The van der Waals surface area contributed by atoms with Gasteiger partial charge in [-0.15, -0.1) is 24.8 Å². The first kappa shape index (κ1) is 26.0. The average Bonchev–Trinajstić information content (AvgIpc) is 2.74. The third kappa shape index (κ3) is 8.33. The Morgan fingerprint density at radius 2 is 1.79 bits per heavy atom. The van der Waals surface area contributed by atoms with Crippen molar-refractivity contribution < 1.29 is 9.53 Å². The number of rotatable bonds is 8. The van der Waals surface area contributed by atoms with E-state index in [1.165, 1.54) is 37.7 Å². The van der Waals surface area contributed by atoms with E-state index in [0.29, 0.717) is 18.9 Å². The Hall–Kier alpha value is -1.01. The van der Waals surface area contributed by atoms with E-state index in [1.54, 1.807) is 7.11 Å². The SMILES string of the molecule is COc1ccc(C(CNC(=O)CCC2CCNCC2)N2CCCCC2)cc1.Cl.Cl. The summed E-state index contributed by atoms with van der Waals surface area (Å²) in [4.78, 5) is 15.0. The lowest BCUT2D eigenvalue weighted by Crippen LogP contribution is -2.40. The summed E-state index contributed by atoms with van der Waals surface area (Å²) in [7, 11) is 1.69. The average molecular weight is 446 g/mol. The molecule has 2 N–H and O–H groups in total. The van der Waals surface area contributed by atoms with Crippen molar-refractivity contribution in [2.45, 2.75) is 51.0 Å². The van der Waals surface area contributed by atoms with E-state index in [0.717, 1.165) is 38.3 Å². The van der Waals surface area contributed by atoms with Gasteiger partial charge in [-0.3, -0.25) is 9.69 Å². The molecule has 2 aliphatic heterocycles. The Bertz CT molecular complexity index is 574. The highest BCUT2D eigenvalue weighted by Gasteiger charge is 2.23. The van der Waals surface area contributed by atoms with Crippen LogP contribution in [0.4, 0.5) is 0 Å². The molecule has 2 aliphatic rings. The smallest absolute Gasteiger partial charge is 0.220 e. The van der Waals surface area contributed by atoms with Crippen LogP contribution in [0.5, 0.6) is 5.75 Å². The number of hydrogen-bond acceptors (Lipinski definition) is 4. The van der Waals surface area contributed by atoms with E-state index in [1.807, 2.05) is 12.1 Å².